The Bertz CT molecular complexity index is 693. The van der Waals surface area contributed by atoms with Gasteiger partial charge in [-0.2, -0.15) is 0 Å². The highest BCUT2D eigenvalue weighted by Gasteiger charge is 2.32. The van der Waals surface area contributed by atoms with E-state index < -0.39 is 0 Å². The minimum Gasteiger partial charge on any atom is -0.489 e. The van der Waals surface area contributed by atoms with Crippen LogP contribution in [0.15, 0.2) is 48.1 Å². The number of hydrogen-bond donors (Lipinski definition) is 0. The molecular formula is C23H32O. The van der Waals surface area contributed by atoms with E-state index in [4.69, 9.17) is 4.74 Å². The fraction of sp³-hybridized carbons (Fsp3) is 0.478. The van der Waals surface area contributed by atoms with E-state index in [9.17, 15) is 0 Å². The van der Waals surface area contributed by atoms with E-state index >= 15 is 0 Å². The molecule has 0 unspecified atom stereocenters. The molecule has 1 aromatic rings. The fourth-order valence-electron chi connectivity index (χ4n) is 3.39. The van der Waals surface area contributed by atoms with Crippen molar-refractivity contribution in [3.05, 3.63) is 64.8 Å². The second kappa shape index (κ2) is 6.63. The Morgan fingerprint density at radius 3 is 2.33 bits per heavy atom. The highest BCUT2D eigenvalue weighted by molar-refractivity contribution is 5.54. The van der Waals surface area contributed by atoms with E-state index in [1.165, 1.54) is 27.8 Å². The molecule has 0 fully saturated rings. The summed E-state index contributed by atoms with van der Waals surface area (Å²) in [5, 5.41) is 0. The minimum absolute atomic E-state index is 0.0831. The molecule has 0 atom stereocenters. The van der Waals surface area contributed by atoms with Gasteiger partial charge in [-0.25, -0.2) is 0 Å². The number of aryl methyl sites for hydroxylation is 2. The molecule has 2 rings (SSSR count). The first-order valence-corrected chi connectivity index (χ1v) is 8.84. The third kappa shape index (κ3) is 3.66. The molecule has 24 heavy (non-hydrogen) atoms. The molecule has 0 bridgehead atoms. The van der Waals surface area contributed by atoms with Crippen LogP contribution in [0.4, 0.5) is 0 Å². The summed E-state index contributed by atoms with van der Waals surface area (Å²) >= 11 is 0. The van der Waals surface area contributed by atoms with Crippen molar-refractivity contribution in [2.45, 2.75) is 60.3 Å². The van der Waals surface area contributed by atoms with Crippen LogP contribution in [0.2, 0.25) is 0 Å². The Balaban J connectivity index is 2.50. The third-order valence-electron chi connectivity index (χ3n) is 4.99. The smallest absolute Gasteiger partial charge is 0.126 e. The van der Waals surface area contributed by atoms with Gasteiger partial charge < -0.3 is 4.74 Å². The molecule has 0 N–H and O–H groups in total. The summed E-state index contributed by atoms with van der Waals surface area (Å²) in [7, 11) is 0. The summed E-state index contributed by atoms with van der Waals surface area (Å²) in [4.78, 5) is 0. The highest BCUT2D eigenvalue weighted by atomic mass is 16.5. The summed E-state index contributed by atoms with van der Waals surface area (Å²) in [5.41, 5.74) is 6.77. The van der Waals surface area contributed by atoms with Crippen molar-refractivity contribution < 1.29 is 4.74 Å². The zero-order chi connectivity index (χ0) is 18.1. The number of benzene rings is 1. The SMILES string of the molecule is C=CCOc1c(C)cc(C)cc1C(C)(C)C1=CCC(C(C)(C)C)=C1. The molecular weight excluding hydrogens is 292 g/mol. The van der Waals surface area contributed by atoms with Gasteiger partial charge in [-0.15, -0.1) is 0 Å². The van der Waals surface area contributed by atoms with Crippen molar-refractivity contribution in [1.82, 2.24) is 0 Å². The molecule has 0 heterocycles. The van der Waals surface area contributed by atoms with E-state index in [0.717, 1.165) is 12.2 Å². The molecule has 1 nitrogen and oxygen atoms in total. The van der Waals surface area contributed by atoms with Crippen LogP contribution in [-0.2, 0) is 5.41 Å². The van der Waals surface area contributed by atoms with Crippen molar-refractivity contribution >= 4 is 0 Å². The van der Waals surface area contributed by atoms with E-state index in [2.05, 4.69) is 79.3 Å². The van der Waals surface area contributed by atoms with Gasteiger partial charge in [0.2, 0.25) is 0 Å². The van der Waals surface area contributed by atoms with Crippen LogP contribution in [-0.4, -0.2) is 6.61 Å². The highest BCUT2D eigenvalue weighted by Crippen LogP contribution is 2.45. The van der Waals surface area contributed by atoms with Gasteiger partial charge >= 0.3 is 0 Å². The molecule has 1 heteroatoms. The monoisotopic (exact) mass is 324 g/mol. The molecule has 130 valence electrons. The largest absolute Gasteiger partial charge is 0.489 e. The van der Waals surface area contributed by atoms with Crippen LogP contribution in [0.5, 0.6) is 5.75 Å². The quantitative estimate of drug-likeness (QED) is 0.566. The van der Waals surface area contributed by atoms with Gasteiger partial charge in [0, 0.05) is 11.0 Å². The molecule has 1 aliphatic rings. The van der Waals surface area contributed by atoms with Crippen LogP contribution < -0.4 is 4.74 Å². The van der Waals surface area contributed by atoms with Gasteiger partial charge in [0.15, 0.2) is 0 Å². The van der Waals surface area contributed by atoms with Gasteiger partial charge in [-0.3, -0.25) is 0 Å². The van der Waals surface area contributed by atoms with Crippen LogP contribution in [0.1, 0.15) is 57.7 Å². The summed E-state index contributed by atoms with van der Waals surface area (Å²) in [5.74, 6) is 1.00. The molecule has 0 saturated heterocycles. The summed E-state index contributed by atoms with van der Waals surface area (Å²) in [6.45, 7) is 20.1. The molecule has 0 amide bonds. The number of hydrogen-bond acceptors (Lipinski definition) is 1. The number of rotatable bonds is 5. The number of allylic oxidation sites excluding steroid dienone is 4. The maximum atomic E-state index is 6.05. The molecule has 0 saturated carbocycles. The van der Waals surface area contributed by atoms with E-state index in [0.29, 0.717) is 6.61 Å². The first-order valence-electron chi connectivity index (χ1n) is 8.84. The number of ether oxygens (including phenoxy) is 1. The second-order valence-electron chi connectivity index (χ2n) is 8.47. The fourth-order valence-corrected chi connectivity index (χ4v) is 3.39. The van der Waals surface area contributed by atoms with Crippen LogP contribution in [0, 0.1) is 19.3 Å². The van der Waals surface area contributed by atoms with Gasteiger partial charge in [0.05, 0.1) is 0 Å². The third-order valence-corrected chi connectivity index (χ3v) is 4.99. The summed E-state index contributed by atoms with van der Waals surface area (Å²) in [6, 6.07) is 4.46. The first kappa shape index (κ1) is 18.6. The van der Waals surface area contributed by atoms with E-state index in [-0.39, 0.29) is 10.8 Å². The lowest BCUT2D eigenvalue weighted by Crippen LogP contribution is -2.21. The van der Waals surface area contributed by atoms with Crippen molar-refractivity contribution in [1.29, 1.82) is 0 Å². The lowest BCUT2D eigenvalue weighted by atomic mass is 9.76. The Labute approximate surface area is 148 Å². The zero-order valence-electron chi connectivity index (χ0n) is 16.4. The lowest BCUT2D eigenvalue weighted by Gasteiger charge is -2.30. The van der Waals surface area contributed by atoms with Crippen LogP contribution in [0.3, 0.4) is 0 Å². The van der Waals surface area contributed by atoms with Crippen LogP contribution >= 0.6 is 0 Å². The Hall–Kier alpha value is -1.76. The standard InChI is InChI=1S/C23H32O/c1-9-12-24-21-17(3)13-16(2)14-20(21)23(7,8)19-11-10-18(15-19)22(4,5)6/h9,11,13-15H,1,10,12H2,2-8H3. The van der Waals surface area contributed by atoms with Gasteiger partial charge in [-0.05, 0) is 36.8 Å². The average Bonchev–Trinajstić information content (AvgIpc) is 2.96. The first-order chi connectivity index (χ1) is 11.1. The normalized spacial score (nSPS) is 15.1. The molecule has 0 radical (unpaired) electrons. The lowest BCUT2D eigenvalue weighted by molar-refractivity contribution is 0.350. The Kier molecular flexibility index (Phi) is 5.13. The molecule has 0 aliphatic heterocycles. The second-order valence-corrected chi connectivity index (χ2v) is 8.47. The summed E-state index contributed by atoms with van der Waals surface area (Å²) in [6.07, 6.45) is 7.64. The van der Waals surface area contributed by atoms with Crippen LogP contribution in [0.25, 0.3) is 0 Å². The molecule has 1 aromatic carbocycles. The van der Waals surface area contributed by atoms with E-state index in [1.54, 1.807) is 0 Å². The van der Waals surface area contributed by atoms with Gasteiger partial charge in [0.25, 0.3) is 0 Å². The molecule has 0 spiro atoms. The Morgan fingerprint density at radius 2 is 1.79 bits per heavy atom. The maximum absolute atomic E-state index is 6.05. The van der Waals surface area contributed by atoms with E-state index in [1.807, 2.05) is 6.08 Å². The maximum Gasteiger partial charge on any atom is 0.126 e. The van der Waals surface area contributed by atoms with Crippen molar-refractivity contribution in [2.75, 3.05) is 6.61 Å². The topological polar surface area (TPSA) is 9.23 Å². The summed E-state index contributed by atoms with van der Waals surface area (Å²) < 4.78 is 6.05. The molecule has 0 aromatic heterocycles. The minimum atomic E-state index is -0.0831. The Morgan fingerprint density at radius 1 is 1.12 bits per heavy atom. The zero-order valence-corrected chi connectivity index (χ0v) is 16.4. The molecule has 1 aliphatic carbocycles. The van der Waals surface area contributed by atoms with Gasteiger partial charge in [-0.1, -0.05) is 82.7 Å². The predicted molar refractivity (Wildman–Crippen MR) is 105 cm³/mol. The van der Waals surface area contributed by atoms with Crippen molar-refractivity contribution in [3.8, 4) is 5.75 Å². The average molecular weight is 325 g/mol. The van der Waals surface area contributed by atoms with Crippen molar-refractivity contribution in [2.24, 2.45) is 5.41 Å². The van der Waals surface area contributed by atoms with Gasteiger partial charge in [0.1, 0.15) is 12.4 Å². The predicted octanol–water partition coefficient (Wildman–Crippen LogP) is 6.45. The van der Waals surface area contributed by atoms with Crippen molar-refractivity contribution in [3.63, 3.8) is 0 Å².